The number of hydrogen-bond donors (Lipinski definition) is 0. The summed E-state index contributed by atoms with van der Waals surface area (Å²) >= 11 is 0. The van der Waals surface area contributed by atoms with Crippen LogP contribution in [0.4, 0.5) is 0 Å². The van der Waals surface area contributed by atoms with Gasteiger partial charge in [0.05, 0.1) is 17.7 Å². The smallest absolute Gasteiger partial charge is 0.283 e. The molecule has 0 saturated carbocycles. The fourth-order valence-corrected chi connectivity index (χ4v) is 4.68. The fourth-order valence-electron chi connectivity index (χ4n) is 3.21. The molecule has 0 radical (unpaired) electrons. The van der Waals surface area contributed by atoms with E-state index in [1.54, 1.807) is 34.8 Å². The second kappa shape index (κ2) is 7.86. The van der Waals surface area contributed by atoms with Crippen molar-refractivity contribution in [2.24, 2.45) is 0 Å². The molecule has 28 heavy (non-hydrogen) atoms. The summed E-state index contributed by atoms with van der Waals surface area (Å²) in [6, 6.07) is 10.5. The summed E-state index contributed by atoms with van der Waals surface area (Å²) in [5.74, 6) is 1.37. The second-order valence-corrected chi connectivity index (χ2v) is 8.76. The number of nitrogens with zero attached hydrogens (tertiary/aromatic N) is 4. The van der Waals surface area contributed by atoms with Crippen molar-refractivity contribution >= 4 is 10.0 Å². The molecular formula is C19H22N4O4S. The zero-order valence-corrected chi connectivity index (χ0v) is 16.4. The predicted octanol–water partition coefficient (Wildman–Crippen LogP) is 2.53. The highest BCUT2D eigenvalue weighted by atomic mass is 32.2. The van der Waals surface area contributed by atoms with Crippen LogP contribution in [-0.2, 0) is 16.6 Å². The predicted molar refractivity (Wildman–Crippen MR) is 102 cm³/mol. The quantitative estimate of drug-likeness (QED) is 0.647. The van der Waals surface area contributed by atoms with Crippen LogP contribution in [0.2, 0.25) is 0 Å². The maximum absolute atomic E-state index is 12.9. The highest BCUT2D eigenvalue weighted by Gasteiger charge is 2.27. The van der Waals surface area contributed by atoms with Gasteiger partial charge in [-0.15, -0.1) is 10.2 Å². The molecule has 0 spiro atoms. The van der Waals surface area contributed by atoms with Crippen LogP contribution in [0, 0.1) is 6.92 Å². The number of furan rings is 1. The Bertz CT molecular complexity index is 1010. The molecule has 9 heteroatoms. The summed E-state index contributed by atoms with van der Waals surface area (Å²) in [5.41, 5.74) is 1.04. The van der Waals surface area contributed by atoms with E-state index in [2.05, 4.69) is 15.1 Å². The van der Waals surface area contributed by atoms with Crippen LogP contribution in [-0.4, -0.2) is 54.0 Å². The van der Waals surface area contributed by atoms with E-state index in [1.807, 2.05) is 19.1 Å². The van der Waals surface area contributed by atoms with Gasteiger partial charge in [0.25, 0.3) is 5.89 Å². The van der Waals surface area contributed by atoms with Crippen molar-refractivity contribution < 1.29 is 17.3 Å². The maximum atomic E-state index is 12.9. The van der Waals surface area contributed by atoms with Crippen molar-refractivity contribution in [3.63, 3.8) is 0 Å². The number of aryl methyl sites for hydroxylation is 1. The van der Waals surface area contributed by atoms with E-state index < -0.39 is 10.0 Å². The lowest BCUT2D eigenvalue weighted by Gasteiger charge is -2.21. The van der Waals surface area contributed by atoms with Crippen LogP contribution in [0.25, 0.3) is 11.7 Å². The van der Waals surface area contributed by atoms with Crippen molar-refractivity contribution in [3.8, 4) is 11.7 Å². The highest BCUT2D eigenvalue weighted by molar-refractivity contribution is 7.89. The Morgan fingerprint density at radius 3 is 2.61 bits per heavy atom. The van der Waals surface area contributed by atoms with Gasteiger partial charge in [0.15, 0.2) is 5.76 Å². The molecule has 1 saturated heterocycles. The Hall–Kier alpha value is -2.49. The summed E-state index contributed by atoms with van der Waals surface area (Å²) in [7, 11) is -3.48. The van der Waals surface area contributed by atoms with Gasteiger partial charge in [-0.2, -0.15) is 4.31 Å². The van der Waals surface area contributed by atoms with E-state index >= 15 is 0 Å². The molecule has 0 N–H and O–H groups in total. The van der Waals surface area contributed by atoms with Crippen LogP contribution in [0.15, 0.2) is 56.4 Å². The van der Waals surface area contributed by atoms with Gasteiger partial charge in [0, 0.05) is 19.6 Å². The lowest BCUT2D eigenvalue weighted by molar-refractivity contribution is 0.250. The SMILES string of the molecule is Cc1ccc(S(=O)(=O)N2CCCN(Cc3nnc(-c4ccco4)o3)CC2)cc1. The van der Waals surface area contributed by atoms with Gasteiger partial charge in [0.1, 0.15) is 0 Å². The third-order valence-corrected chi connectivity index (χ3v) is 6.68. The first-order chi connectivity index (χ1) is 13.5. The molecule has 1 fully saturated rings. The fraction of sp³-hybridized carbons (Fsp3) is 0.368. The molecule has 0 amide bonds. The third kappa shape index (κ3) is 4.01. The zero-order chi connectivity index (χ0) is 19.6. The lowest BCUT2D eigenvalue weighted by Crippen LogP contribution is -2.35. The van der Waals surface area contributed by atoms with Crippen molar-refractivity contribution in [1.82, 2.24) is 19.4 Å². The number of hydrogen-bond acceptors (Lipinski definition) is 7. The van der Waals surface area contributed by atoms with Crippen molar-refractivity contribution in [2.75, 3.05) is 26.2 Å². The summed E-state index contributed by atoms with van der Waals surface area (Å²) in [4.78, 5) is 2.47. The van der Waals surface area contributed by atoms with Crippen LogP contribution < -0.4 is 0 Å². The summed E-state index contributed by atoms with van der Waals surface area (Å²) in [6.07, 6.45) is 2.29. The first kappa shape index (κ1) is 18.9. The zero-order valence-electron chi connectivity index (χ0n) is 15.6. The average molecular weight is 402 g/mol. The van der Waals surface area contributed by atoms with Gasteiger partial charge in [-0.1, -0.05) is 17.7 Å². The molecule has 0 aliphatic carbocycles. The molecular weight excluding hydrogens is 380 g/mol. The van der Waals surface area contributed by atoms with Crippen LogP contribution in [0.1, 0.15) is 17.9 Å². The maximum Gasteiger partial charge on any atom is 0.283 e. The molecule has 0 unspecified atom stereocenters. The minimum atomic E-state index is -3.48. The molecule has 8 nitrogen and oxygen atoms in total. The molecule has 1 aliphatic rings. The topological polar surface area (TPSA) is 92.7 Å². The molecule has 0 atom stereocenters. The van der Waals surface area contributed by atoms with Gasteiger partial charge in [-0.05, 0) is 44.2 Å². The standard InChI is InChI=1S/C19H22N4O4S/c1-15-5-7-16(8-6-15)28(24,25)23-10-3-9-22(11-12-23)14-18-20-21-19(27-18)17-4-2-13-26-17/h2,4-8,13H,3,9-12,14H2,1H3. The van der Waals surface area contributed by atoms with Gasteiger partial charge < -0.3 is 8.83 Å². The largest absolute Gasteiger partial charge is 0.459 e. The van der Waals surface area contributed by atoms with Crippen LogP contribution >= 0.6 is 0 Å². The minimum Gasteiger partial charge on any atom is -0.459 e. The van der Waals surface area contributed by atoms with E-state index in [4.69, 9.17) is 8.83 Å². The van der Waals surface area contributed by atoms with Crippen LogP contribution in [0.5, 0.6) is 0 Å². The molecule has 148 valence electrons. The molecule has 1 aromatic carbocycles. The summed E-state index contributed by atoms with van der Waals surface area (Å²) in [5, 5.41) is 8.08. The molecule has 1 aliphatic heterocycles. The number of rotatable bonds is 5. The monoisotopic (exact) mass is 402 g/mol. The number of benzene rings is 1. The molecule has 0 bridgehead atoms. The van der Waals surface area contributed by atoms with E-state index in [0.717, 1.165) is 18.5 Å². The van der Waals surface area contributed by atoms with Gasteiger partial charge >= 0.3 is 0 Å². The normalized spacial score (nSPS) is 16.9. The molecule has 4 rings (SSSR count). The Kier molecular flexibility index (Phi) is 5.29. The number of aromatic nitrogens is 2. The van der Waals surface area contributed by atoms with E-state index in [-0.39, 0.29) is 0 Å². The lowest BCUT2D eigenvalue weighted by atomic mass is 10.2. The average Bonchev–Trinajstić information content (AvgIpc) is 3.31. The van der Waals surface area contributed by atoms with Crippen molar-refractivity contribution in [1.29, 1.82) is 0 Å². The Balaban J connectivity index is 1.40. The van der Waals surface area contributed by atoms with Crippen molar-refractivity contribution in [3.05, 3.63) is 54.1 Å². The summed E-state index contributed by atoms with van der Waals surface area (Å²) in [6.45, 7) is 4.70. The number of sulfonamides is 1. The molecule has 3 aromatic rings. The Morgan fingerprint density at radius 1 is 1.04 bits per heavy atom. The molecule has 3 heterocycles. The van der Waals surface area contributed by atoms with Gasteiger partial charge in [-0.25, -0.2) is 8.42 Å². The third-order valence-electron chi connectivity index (χ3n) is 4.76. The van der Waals surface area contributed by atoms with Crippen molar-refractivity contribution in [2.45, 2.75) is 24.8 Å². The van der Waals surface area contributed by atoms with Gasteiger partial charge in [0.2, 0.25) is 15.9 Å². The Labute approximate surface area is 163 Å². The first-order valence-electron chi connectivity index (χ1n) is 9.18. The van der Waals surface area contributed by atoms with Gasteiger partial charge in [-0.3, -0.25) is 4.90 Å². The highest BCUT2D eigenvalue weighted by Crippen LogP contribution is 2.21. The summed E-state index contributed by atoms with van der Waals surface area (Å²) < 4.78 is 38.3. The Morgan fingerprint density at radius 2 is 1.86 bits per heavy atom. The second-order valence-electron chi connectivity index (χ2n) is 6.83. The van der Waals surface area contributed by atoms with Crippen LogP contribution in [0.3, 0.4) is 0 Å². The first-order valence-corrected chi connectivity index (χ1v) is 10.6. The van der Waals surface area contributed by atoms with E-state index in [9.17, 15) is 8.42 Å². The minimum absolute atomic E-state index is 0.339. The molecule has 2 aromatic heterocycles. The van der Waals surface area contributed by atoms with E-state index in [0.29, 0.717) is 48.6 Å². The van der Waals surface area contributed by atoms with E-state index in [1.165, 1.54) is 0 Å².